The van der Waals surface area contributed by atoms with Crippen LogP contribution >= 0.6 is 0 Å². The molecule has 150 valence electrons. The SMILES string of the molecule is COc1ccc(CCNc2cc(C(=O)Nc3cccc(C)c3)ccn2)cc1OC. The van der Waals surface area contributed by atoms with Gasteiger partial charge >= 0.3 is 0 Å². The van der Waals surface area contributed by atoms with Gasteiger partial charge in [-0.2, -0.15) is 0 Å². The van der Waals surface area contributed by atoms with Crippen molar-refractivity contribution in [2.75, 3.05) is 31.4 Å². The van der Waals surface area contributed by atoms with Gasteiger partial charge in [0.1, 0.15) is 5.82 Å². The van der Waals surface area contributed by atoms with Gasteiger partial charge in [-0.15, -0.1) is 0 Å². The van der Waals surface area contributed by atoms with Gasteiger partial charge in [-0.25, -0.2) is 4.98 Å². The summed E-state index contributed by atoms with van der Waals surface area (Å²) in [6.45, 7) is 2.66. The van der Waals surface area contributed by atoms with E-state index < -0.39 is 0 Å². The van der Waals surface area contributed by atoms with Crippen LogP contribution in [0.4, 0.5) is 11.5 Å². The molecule has 0 bridgehead atoms. The van der Waals surface area contributed by atoms with Gasteiger partial charge in [-0.1, -0.05) is 18.2 Å². The number of hydrogen-bond acceptors (Lipinski definition) is 5. The Bertz CT molecular complexity index is 989. The van der Waals surface area contributed by atoms with Crippen LogP contribution in [0.25, 0.3) is 0 Å². The molecule has 6 heteroatoms. The second kappa shape index (κ2) is 9.59. The smallest absolute Gasteiger partial charge is 0.255 e. The number of nitrogens with zero attached hydrogens (tertiary/aromatic N) is 1. The van der Waals surface area contributed by atoms with Crippen molar-refractivity contribution in [3.05, 3.63) is 77.5 Å². The Morgan fingerprint density at radius 3 is 2.59 bits per heavy atom. The van der Waals surface area contributed by atoms with E-state index in [0.29, 0.717) is 29.4 Å². The second-order valence-electron chi connectivity index (χ2n) is 6.62. The van der Waals surface area contributed by atoms with Gasteiger partial charge in [0.2, 0.25) is 0 Å². The minimum atomic E-state index is -0.166. The number of amides is 1. The van der Waals surface area contributed by atoms with Gasteiger partial charge in [-0.05, 0) is 60.9 Å². The van der Waals surface area contributed by atoms with Gasteiger partial charge in [0.25, 0.3) is 5.91 Å². The number of rotatable bonds is 8. The number of carbonyl (C=O) groups excluding carboxylic acids is 1. The molecule has 6 nitrogen and oxygen atoms in total. The highest BCUT2D eigenvalue weighted by atomic mass is 16.5. The molecule has 0 saturated heterocycles. The topological polar surface area (TPSA) is 72.5 Å². The van der Waals surface area contributed by atoms with E-state index in [4.69, 9.17) is 9.47 Å². The van der Waals surface area contributed by atoms with Crippen LogP contribution in [0.3, 0.4) is 0 Å². The summed E-state index contributed by atoms with van der Waals surface area (Å²) in [6.07, 6.45) is 2.41. The quantitative estimate of drug-likeness (QED) is 0.598. The normalized spacial score (nSPS) is 10.3. The first kappa shape index (κ1) is 20.2. The largest absolute Gasteiger partial charge is 0.493 e. The third-order valence-electron chi connectivity index (χ3n) is 4.47. The van der Waals surface area contributed by atoms with Crippen LogP contribution in [0.15, 0.2) is 60.8 Å². The van der Waals surface area contributed by atoms with Crippen molar-refractivity contribution in [2.45, 2.75) is 13.3 Å². The zero-order valence-electron chi connectivity index (χ0n) is 16.9. The first-order chi connectivity index (χ1) is 14.1. The summed E-state index contributed by atoms with van der Waals surface area (Å²) in [6, 6.07) is 17.0. The number of anilines is 2. The van der Waals surface area contributed by atoms with E-state index in [-0.39, 0.29) is 5.91 Å². The first-order valence-electron chi connectivity index (χ1n) is 9.38. The molecule has 3 aromatic rings. The molecule has 3 rings (SSSR count). The fraction of sp³-hybridized carbons (Fsp3) is 0.217. The molecule has 0 aliphatic rings. The van der Waals surface area contributed by atoms with Crippen LogP contribution in [-0.4, -0.2) is 31.7 Å². The third-order valence-corrected chi connectivity index (χ3v) is 4.47. The van der Waals surface area contributed by atoms with Crippen LogP contribution in [0.1, 0.15) is 21.5 Å². The van der Waals surface area contributed by atoms with Crippen molar-refractivity contribution >= 4 is 17.4 Å². The van der Waals surface area contributed by atoms with Gasteiger partial charge < -0.3 is 20.1 Å². The number of ether oxygens (including phenoxy) is 2. The molecule has 0 radical (unpaired) electrons. The first-order valence-corrected chi connectivity index (χ1v) is 9.38. The molecule has 1 aromatic heterocycles. The van der Waals surface area contributed by atoms with Gasteiger partial charge in [0.05, 0.1) is 14.2 Å². The Kier molecular flexibility index (Phi) is 6.68. The number of carbonyl (C=O) groups is 1. The molecule has 0 unspecified atom stereocenters. The monoisotopic (exact) mass is 391 g/mol. The van der Waals surface area contributed by atoms with Crippen LogP contribution in [0.2, 0.25) is 0 Å². The highest BCUT2D eigenvalue weighted by Gasteiger charge is 2.08. The summed E-state index contributed by atoms with van der Waals surface area (Å²) in [5, 5.41) is 6.18. The number of aromatic nitrogens is 1. The lowest BCUT2D eigenvalue weighted by Crippen LogP contribution is -2.13. The van der Waals surface area contributed by atoms with Crippen LogP contribution in [0.5, 0.6) is 11.5 Å². The minimum absolute atomic E-state index is 0.166. The fourth-order valence-electron chi connectivity index (χ4n) is 2.97. The number of methoxy groups -OCH3 is 2. The number of benzene rings is 2. The average molecular weight is 391 g/mol. The van der Waals surface area contributed by atoms with E-state index in [9.17, 15) is 4.79 Å². The van der Waals surface area contributed by atoms with Crippen LogP contribution in [-0.2, 0) is 6.42 Å². The summed E-state index contributed by atoms with van der Waals surface area (Å²) < 4.78 is 10.6. The fourth-order valence-corrected chi connectivity index (χ4v) is 2.97. The standard InChI is InChI=1S/C23H25N3O3/c1-16-5-4-6-19(13-16)26-23(27)18-10-12-25-22(15-18)24-11-9-17-7-8-20(28-2)21(14-17)29-3/h4-8,10,12-15H,9,11H2,1-3H3,(H,24,25)(H,26,27). The Morgan fingerprint density at radius 2 is 1.83 bits per heavy atom. The van der Waals surface area contributed by atoms with Crippen molar-refractivity contribution in [1.82, 2.24) is 4.98 Å². The lowest BCUT2D eigenvalue weighted by Gasteiger charge is -2.11. The van der Waals surface area contributed by atoms with Crippen molar-refractivity contribution in [3.63, 3.8) is 0 Å². The number of aryl methyl sites for hydroxylation is 1. The lowest BCUT2D eigenvalue weighted by atomic mass is 10.1. The van der Waals surface area contributed by atoms with Crippen LogP contribution in [0, 0.1) is 6.92 Å². The zero-order valence-corrected chi connectivity index (χ0v) is 16.9. The van der Waals surface area contributed by atoms with Gasteiger partial charge in [-0.3, -0.25) is 4.79 Å². The van der Waals surface area contributed by atoms with Crippen molar-refractivity contribution in [3.8, 4) is 11.5 Å². The molecule has 0 spiro atoms. The molecule has 0 aliphatic carbocycles. The summed E-state index contributed by atoms with van der Waals surface area (Å²) in [5.41, 5.74) is 3.53. The minimum Gasteiger partial charge on any atom is -0.493 e. The molecule has 1 heterocycles. The molecule has 2 N–H and O–H groups in total. The van der Waals surface area contributed by atoms with E-state index in [2.05, 4.69) is 15.6 Å². The van der Waals surface area contributed by atoms with Gasteiger partial charge in [0, 0.05) is 24.0 Å². The molecule has 1 amide bonds. The molecule has 29 heavy (non-hydrogen) atoms. The summed E-state index contributed by atoms with van der Waals surface area (Å²) >= 11 is 0. The van der Waals surface area contributed by atoms with Crippen LogP contribution < -0.4 is 20.1 Å². The highest BCUT2D eigenvalue weighted by Crippen LogP contribution is 2.27. The maximum absolute atomic E-state index is 12.5. The van der Waals surface area contributed by atoms with E-state index in [1.165, 1.54) is 0 Å². The molecule has 0 aliphatic heterocycles. The molecule has 0 fully saturated rings. The zero-order chi connectivity index (χ0) is 20.6. The lowest BCUT2D eigenvalue weighted by molar-refractivity contribution is 0.102. The second-order valence-corrected chi connectivity index (χ2v) is 6.62. The molecule has 0 saturated carbocycles. The Labute approximate surface area is 170 Å². The van der Waals surface area contributed by atoms with E-state index in [1.807, 2.05) is 49.4 Å². The average Bonchev–Trinajstić information content (AvgIpc) is 2.74. The summed E-state index contributed by atoms with van der Waals surface area (Å²) in [5.74, 6) is 1.90. The predicted octanol–water partition coefficient (Wildman–Crippen LogP) is 4.31. The molecule has 0 atom stereocenters. The summed E-state index contributed by atoms with van der Waals surface area (Å²) in [4.78, 5) is 16.8. The van der Waals surface area contributed by atoms with Crippen molar-refractivity contribution in [1.29, 1.82) is 0 Å². The third kappa shape index (κ3) is 5.48. The van der Waals surface area contributed by atoms with Gasteiger partial charge in [0.15, 0.2) is 11.5 Å². The van der Waals surface area contributed by atoms with E-state index in [1.54, 1.807) is 32.5 Å². The van der Waals surface area contributed by atoms with E-state index in [0.717, 1.165) is 23.2 Å². The Balaban J connectivity index is 1.59. The van der Waals surface area contributed by atoms with Crippen molar-refractivity contribution < 1.29 is 14.3 Å². The molecular weight excluding hydrogens is 366 g/mol. The maximum atomic E-state index is 12.5. The molecular formula is C23H25N3O3. The Morgan fingerprint density at radius 1 is 1.00 bits per heavy atom. The number of hydrogen-bond donors (Lipinski definition) is 2. The predicted molar refractivity (Wildman–Crippen MR) is 115 cm³/mol. The number of pyridine rings is 1. The molecule has 2 aromatic carbocycles. The van der Waals surface area contributed by atoms with E-state index >= 15 is 0 Å². The van der Waals surface area contributed by atoms with Crippen molar-refractivity contribution in [2.24, 2.45) is 0 Å². The highest BCUT2D eigenvalue weighted by molar-refractivity contribution is 6.04. The maximum Gasteiger partial charge on any atom is 0.255 e. The summed E-state index contributed by atoms with van der Waals surface area (Å²) in [7, 11) is 3.24. The Hall–Kier alpha value is -3.54. The number of nitrogens with one attached hydrogen (secondary N) is 2.